The Morgan fingerprint density at radius 1 is 1.42 bits per heavy atom. The monoisotopic (exact) mass is 264 g/mol. The second kappa shape index (κ2) is 5.74. The first-order chi connectivity index (χ1) is 9.12. The second-order valence-corrected chi connectivity index (χ2v) is 5.25. The predicted molar refractivity (Wildman–Crippen MR) is 77.7 cm³/mol. The van der Waals surface area contributed by atoms with Gasteiger partial charge >= 0.3 is 0 Å². The molecule has 0 spiro atoms. The molecule has 0 aromatic carbocycles. The summed E-state index contributed by atoms with van der Waals surface area (Å²) >= 11 is 0. The van der Waals surface area contributed by atoms with Crippen LogP contribution in [0.2, 0.25) is 0 Å². The van der Waals surface area contributed by atoms with E-state index in [1.807, 2.05) is 14.0 Å². The summed E-state index contributed by atoms with van der Waals surface area (Å²) in [6, 6.07) is 0.169. The van der Waals surface area contributed by atoms with Crippen molar-refractivity contribution in [2.24, 2.45) is 5.92 Å². The number of hydrogen-bond acceptors (Lipinski definition) is 5. The Bertz CT molecular complexity index is 449. The highest BCUT2D eigenvalue weighted by atomic mass is 16.3. The molecule has 5 nitrogen and oxygen atoms in total. The van der Waals surface area contributed by atoms with E-state index in [1.54, 1.807) is 0 Å². The van der Waals surface area contributed by atoms with Crippen LogP contribution in [0.3, 0.4) is 0 Å². The zero-order valence-corrected chi connectivity index (χ0v) is 12.3. The molecule has 19 heavy (non-hydrogen) atoms. The van der Waals surface area contributed by atoms with Crippen molar-refractivity contribution in [2.75, 3.05) is 30.4 Å². The molecule has 2 rings (SSSR count). The van der Waals surface area contributed by atoms with E-state index in [-0.39, 0.29) is 12.6 Å². The molecule has 0 amide bonds. The average molecular weight is 264 g/mol. The standard InChI is InChI=1S/C14H24N4O/c1-5-12-16-13(15-4)10(3)14(17-12)18-7-6-9(2)11(18)8-19/h9,11,19H,5-8H2,1-4H3,(H,15,16,17). The van der Waals surface area contributed by atoms with Crippen molar-refractivity contribution in [2.45, 2.75) is 39.7 Å². The Kier molecular flexibility index (Phi) is 4.24. The van der Waals surface area contributed by atoms with Crippen LogP contribution in [-0.2, 0) is 6.42 Å². The molecule has 0 radical (unpaired) electrons. The molecule has 1 aliphatic heterocycles. The molecule has 0 saturated carbocycles. The minimum Gasteiger partial charge on any atom is -0.394 e. The first kappa shape index (κ1) is 14.1. The van der Waals surface area contributed by atoms with Gasteiger partial charge in [-0.05, 0) is 19.3 Å². The molecule has 0 aliphatic carbocycles. The van der Waals surface area contributed by atoms with E-state index < -0.39 is 0 Å². The summed E-state index contributed by atoms with van der Waals surface area (Å²) in [4.78, 5) is 11.4. The third-order valence-corrected chi connectivity index (χ3v) is 4.06. The molecule has 2 heterocycles. The molecule has 2 unspecified atom stereocenters. The Balaban J connectivity index is 2.43. The van der Waals surface area contributed by atoms with E-state index in [4.69, 9.17) is 0 Å². The van der Waals surface area contributed by atoms with Gasteiger partial charge in [-0.15, -0.1) is 0 Å². The van der Waals surface area contributed by atoms with Gasteiger partial charge in [0.15, 0.2) is 0 Å². The fourth-order valence-corrected chi connectivity index (χ4v) is 2.78. The van der Waals surface area contributed by atoms with E-state index in [2.05, 4.69) is 34.0 Å². The number of aliphatic hydroxyl groups is 1. The molecule has 1 saturated heterocycles. The van der Waals surface area contributed by atoms with Gasteiger partial charge in [0.05, 0.1) is 12.6 Å². The van der Waals surface area contributed by atoms with Gasteiger partial charge in [0.2, 0.25) is 0 Å². The molecule has 0 bridgehead atoms. The van der Waals surface area contributed by atoms with Gasteiger partial charge in [-0.3, -0.25) is 0 Å². The molecule has 1 aliphatic rings. The van der Waals surface area contributed by atoms with Crippen molar-refractivity contribution in [1.29, 1.82) is 0 Å². The highest BCUT2D eigenvalue weighted by Crippen LogP contribution is 2.32. The van der Waals surface area contributed by atoms with Crippen molar-refractivity contribution >= 4 is 11.6 Å². The third kappa shape index (κ3) is 2.52. The van der Waals surface area contributed by atoms with E-state index >= 15 is 0 Å². The van der Waals surface area contributed by atoms with Crippen LogP contribution >= 0.6 is 0 Å². The summed E-state index contributed by atoms with van der Waals surface area (Å²) < 4.78 is 0. The maximum absolute atomic E-state index is 9.61. The number of anilines is 2. The molecule has 2 atom stereocenters. The largest absolute Gasteiger partial charge is 0.394 e. The quantitative estimate of drug-likeness (QED) is 0.865. The van der Waals surface area contributed by atoms with Crippen molar-refractivity contribution in [3.05, 3.63) is 11.4 Å². The topological polar surface area (TPSA) is 61.3 Å². The Morgan fingerprint density at radius 2 is 2.16 bits per heavy atom. The minimum atomic E-state index is 0.169. The summed E-state index contributed by atoms with van der Waals surface area (Å²) in [6.45, 7) is 7.43. The highest BCUT2D eigenvalue weighted by Gasteiger charge is 2.32. The van der Waals surface area contributed by atoms with E-state index in [0.717, 1.165) is 42.4 Å². The van der Waals surface area contributed by atoms with Crippen LogP contribution in [0.1, 0.15) is 31.7 Å². The number of aromatic nitrogens is 2. The van der Waals surface area contributed by atoms with Crippen LogP contribution in [0.5, 0.6) is 0 Å². The molecular formula is C14H24N4O. The SMILES string of the molecule is CCc1nc(NC)c(C)c(N2CCC(C)C2CO)n1. The number of hydrogen-bond donors (Lipinski definition) is 2. The molecular weight excluding hydrogens is 240 g/mol. The molecule has 1 aromatic heterocycles. The maximum Gasteiger partial charge on any atom is 0.137 e. The van der Waals surface area contributed by atoms with Crippen molar-refractivity contribution in [1.82, 2.24) is 9.97 Å². The van der Waals surface area contributed by atoms with Gasteiger partial charge in [0.25, 0.3) is 0 Å². The number of nitrogens with zero attached hydrogens (tertiary/aromatic N) is 3. The third-order valence-electron chi connectivity index (χ3n) is 4.06. The summed E-state index contributed by atoms with van der Waals surface area (Å²) in [5.41, 5.74) is 1.06. The van der Waals surface area contributed by atoms with Crippen molar-refractivity contribution in [3.63, 3.8) is 0 Å². The summed E-state index contributed by atoms with van der Waals surface area (Å²) in [5, 5.41) is 12.7. The smallest absolute Gasteiger partial charge is 0.137 e. The molecule has 106 valence electrons. The second-order valence-electron chi connectivity index (χ2n) is 5.25. The van der Waals surface area contributed by atoms with Gasteiger partial charge in [0.1, 0.15) is 17.5 Å². The fraction of sp³-hybridized carbons (Fsp3) is 0.714. The molecule has 5 heteroatoms. The van der Waals surface area contributed by atoms with Crippen LogP contribution in [0, 0.1) is 12.8 Å². The lowest BCUT2D eigenvalue weighted by molar-refractivity contribution is 0.244. The summed E-state index contributed by atoms with van der Waals surface area (Å²) in [7, 11) is 1.88. The number of nitrogens with one attached hydrogen (secondary N) is 1. The normalized spacial score (nSPS) is 22.9. The number of aryl methyl sites for hydroxylation is 1. The maximum atomic E-state index is 9.61. The van der Waals surface area contributed by atoms with Crippen LogP contribution in [-0.4, -0.2) is 41.3 Å². The fourth-order valence-electron chi connectivity index (χ4n) is 2.78. The van der Waals surface area contributed by atoms with Gasteiger partial charge in [-0.25, -0.2) is 9.97 Å². The lowest BCUT2D eigenvalue weighted by Crippen LogP contribution is -2.36. The van der Waals surface area contributed by atoms with Crippen molar-refractivity contribution in [3.8, 4) is 0 Å². The van der Waals surface area contributed by atoms with Gasteiger partial charge < -0.3 is 15.3 Å². The van der Waals surface area contributed by atoms with Crippen LogP contribution in [0.25, 0.3) is 0 Å². The van der Waals surface area contributed by atoms with Crippen molar-refractivity contribution < 1.29 is 5.11 Å². The van der Waals surface area contributed by atoms with Gasteiger partial charge in [-0.1, -0.05) is 13.8 Å². The molecule has 1 aromatic rings. The predicted octanol–water partition coefficient (Wildman–Crippen LogP) is 1.60. The lowest BCUT2D eigenvalue weighted by Gasteiger charge is -2.28. The van der Waals surface area contributed by atoms with E-state index in [1.165, 1.54) is 0 Å². The first-order valence-electron chi connectivity index (χ1n) is 7.05. The van der Waals surface area contributed by atoms with Gasteiger partial charge in [0, 0.05) is 25.6 Å². The molecule has 2 N–H and O–H groups in total. The summed E-state index contributed by atoms with van der Waals surface area (Å²) in [5.74, 6) is 3.21. The molecule has 1 fully saturated rings. The average Bonchev–Trinajstić information content (AvgIpc) is 2.80. The minimum absolute atomic E-state index is 0.169. The van der Waals surface area contributed by atoms with Crippen LogP contribution in [0.15, 0.2) is 0 Å². The van der Waals surface area contributed by atoms with Crippen LogP contribution < -0.4 is 10.2 Å². The number of aliphatic hydroxyl groups excluding tert-OH is 1. The van der Waals surface area contributed by atoms with E-state index in [9.17, 15) is 5.11 Å². The Morgan fingerprint density at radius 3 is 2.74 bits per heavy atom. The Hall–Kier alpha value is -1.36. The van der Waals surface area contributed by atoms with Crippen LogP contribution in [0.4, 0.5) is 11.6 Å². The first-order valence-corrected chi connectivity index (χ1v) is 7.05. The zero-order valence-electron chi connectivity index (χ0n) is 12.3. The summed E-state index contributed by atoms with van der Waals surface area (Å²) in [6.07, 6.45) is 1.92. The van der Waals surface area contributed by atoms with E-state index in [0.29, 0.717) is 5.92 Å². The number of rotatable bonds is 4. The highest BCUT2D eigenvalue weighted by molar-refractivity contribution is 5.59. The Labute approximate surface area is 115 Å². The van der Waals surface area contributed by atoms with Gasteiger partial charge in [-0.2, -0.15) is 0 Å². The zero-order chi connectivity index (χ0) is 14.0. The lowest BCUT2D eigenvalue weighted by atomic mass is 10.0.